The summed E-state index contributed by atoms with van der Waals surface area (Å²) < 4.78 is 0. The third-order valence-electron chi connectivity index (χ3n) is 4.04. The maximum atomic E-state index is 8.86. The molecule has 3 N–H and O–H groups in total. The Morgan fingerprint density at radius 2 is 2.11 bits per heavy atom. The first-order valence-electron chi connectivity index (χ1n) is 6.79. The molecule has 0 saturated heterocycles. The number of nitrogens with two attached hydrogens (primary N) is 1. The topological polar surface area (TPSA) is 74.7 Å². The van der Waals surface area contributed by atoms with Crippen LogP contribution in [0.1, 0.15) is 38.2 Å². The summed E-state index contributed by atoms with van der Waals surface area (Å²) in [4.78, 5) is 6.56. The van der Waals surface area contributed by atoms with Gasteiger partial charge in [0.25, 0.3) is 0 Å². The molecule has 1 saturated carbocycles. The summed E-state index contributed by atoms with van der Waals surface area (Å²) in [5.41, 5.74) is 6.40. The standard InChI is InChI=1S/C14H22N4O/c1-10-5-7-11(8-6-10)18(2)14-12(13(15)17-19)4-3-9-16-14/h3-4,9-11,19H,5-8H2,1-2H3,(H2,15,17). The summed E-state index contributed by atoms with van der Waals surface area (Å²) in [5, 5.41) is 11.9. The Morgan fingerprint density at radius 3 is 2.74 bits per heavy atom. The molecule has 19 heavy (non-hydrogen) atoms. The van der Waals surface area contributed by atoms with Crippen LogP contribution in [0.2, 0.25) is 0 Å². The Morgan fingerprint density at radius 1 is 1.42 bits per heavy atom. The summed E-state index contributed by atoms with van der Waals surface area (Å²) in [6.07, 6.45) is 6.58. The molecule has 1 fully saturated rings. The summed E-state index contributed by atoms with van der Waals surface area (Å²) >= 11 is 0. The molecule has 5 heteroatoms. The van der Waals surface area contributed by atoms with E-state index in [2.05, 4.69) is 22.0 Å². The van der Waals surface area contributed by atoms with Crippen molar-refractivity contribution in [3.63, 3.8) is 0 Å². The van der Waals surface area contributed by atoms with Gasteiger partial charge in [0.05, 0.1) is 5.56 Å². The number of hydrogen-bond donors (Lipinski definition) is 2. The van der Waals surface area contributed by atoms with Crippen molar-refractivity contribution in [2.75, 3.05) is 11.9 Å². The van der Waals surface area contributed by atoms with Gasteiger partial charge in [0.1, 0.15) is 5.82 Å². The van der Waals surface area contributed by atoms with Crippen LogP contribution in [-0.2, 0) is 0 Å². The lowest BCUT2D eigenvalue weighted by Crippen LogP contribution is -2.36. The highest BCUT2D eigenvalue weighted by molar-refractivity contribution is 6.01. The maximum absolute atomic E-state index is 8.86. The fraction of sp³-hybridized carbons (Fsp3) is 0.571. The Labute approximate surface area is 114 Å². The zero-order valence-electron chi connectivity index (χ0n) is 11.6. The number of pyridine rings is 1. The van der Waals surface area contributed by atoms with E-state index in [4.69, 9.17) is 10.9 Å². The van der Waals surface area contributed by atoms with E-state index in [1.165, 1.54) is 25.7 Å². The normalized spacial score (nSPS) is 24.2. The molecule has 0 unspecified atom stereocenters. The Balaban J connectivity index is 2.21. The average molecular weight is 262 g/mol. The molecule has 0 atom stereocenters. The van der Waals surface area contributed by atoms with Crippen LogP contribution >= 0.6 is 0 Å². The first-order valence-corrected chi connectivity index (χ1v) is 6.79. The molecule has 0 radical (unpaired) electrons. The molecule has 1 aromatic heterocycles. The molecular weight excluding hydrogens is 240 g/mol. The second-order valence-electron chi connectivity index (χ2n) is 5.38. The first kappa shape index (κ1) is 13.6. The molecule has 0 aromatic carbocycles. The Hall–Kier alpha value is -1.78. The van der Waals surface area contributed by atoms with Crippen molar-refractivity contribution in [2.45, 2.75) is 38.6 Å². The molecule has 0 amide bonds. The predicted molar refractivity (Wildman–Crippen MR) is 76.6 cm³/mol. The first-order chi connectivity index (χ1) is 9.13. The van der Waals surface area contributed by atoms with Gasteiger partial charge in [-0.2, -0.15) is 0 Å². The van der Waals surface area contributed by atoms with Gasteiger partial charge >= 0.3 is 0 Å². The van der Waals surface area contributed by atoms with E-state index >= 15 is 0 Å². The lowest BCUT2D eigenvalue weighted by Gasteiger charge is -2.35. The number of anilines is 1. The van der Waals surface area contributed by atoms with E-state index in [0.717, 1.165) is 11.7 Å². The van der Waals surface area contributed by atoms with E-state index in [9.17, 15) is 0 Å². The van der Waals surface area contributed by atoms with Crippen LogP contribution in [0.15, 0.2) is 23.5 Å². The average Bonchev–Trinajstić information content (AvgIpc) is 2.46. The third-order valence-corrected chi connectivity index (χ3v) is 4.04. The summed E-state index contributed by atoms with van der Waals surface area (Å²) in [5.74, 6) is 1.72. The fourth-order valence-corrected chi connectivity index (χ4v) is 2.73. The van der Waals surface area contributed by atoms with E-state index in [-0.39, 0.29) is 5.84 Å². The highest BCUT2D eigenvalue weighted by atomic mass is 16.4. The maximum Gasteiger partial charge on any atom is 0.173 e. The lowest BCUT2D eigenvalue weighted by atomic mass is 9.86. The van der Waals surface area contributed by atoms with Crippen molar-refractivity contribution in [1.29, 1.82) is 0 Å². The second-order valence-corrected chi connectivity index (χ2v) is 5.38. The molecule has 1 aliphatic rings. The van der Waals surface area contributed by atoms with Gasteiger partial charge in [0.15, 0.2) is 5.84 Å². The van der Waals surface area contributed by atoms with Crippen molar-refractivity contribution in [2.24, 2.45) is 16.8 Å². The molecule has 0 bridgehead atoms. The number of aromatic nitrogens is 1. The van der Waals surface area contributed by atoms with Crippen molar-refractivity contribution in [1.82, 2.24) is 4.98 Å². The fourth-order valence-electron chi connectivity index (χ4n) is 2.73. The molecule has 5 nitrogen and oxygen atoms in total. The quantitative estimate of drug-likeness (QED) is 0.379. The Bertz CT molecular complexity index is 453. The minimum atomic E-state index is 0.110. The minimum absolute atomic E-state index is 0.110. The largest absolute Gasteiger partial charge is 0.409 e. The van der Waals surface area contributed by atoms with E-state index in [1.54, 1.807) is 12.3 Å². The highest BCUT2D eigenvalue weighted by Crippen LogP contribution is 2.29. The molecule has 0 spiro atoms. The molecule has 1 aliphatic carbocycles. The summed E-state index contributed by atoms with van der Waals surface area (Å²) in [6.45, 7) is 2.30. The Kier molecular flexibility index (Phi) is 4.24. The van der Waals surface area contributed by atoms with Crippen LogP contribution in [0.4, 0.5) is 5.82 Å². The number of rotatable bonds is 3. The highest BCUT2D eigenvalue weighted by Gasteiger charge is 2.24. The molecule has 1 heterocycles. The second kappa shape index (κ2) is 5.91. The SMILES string of the molecule is CC1CCC(N(C)c2ncccc2C(N)=NO)CC1. The van der Waals surface area contributed by atoms with Crippen molar-refractivity contribution in [3.05, 3.63) is 23.9 Å². The molecule has 2 rings (SSSR count). The van der Waals surface area contributed by atoms with Crippen LogP contribution in [0.5, 0.6) is 0 Å². The van der Waals surface area contributed by atoms with Crippen LogP contribution < -0.4 is 10.6 Å². The number of amidine groups is 1. The zero-order valence-corrected chi connectivity index (χ0v) is 11.6. The summed E-state index contributed by atoms with van der Waals surface area (Å²) in [7, 11) is 2.04. The van der Waals surface area contributed by atoms with Gasteiger partial charge in [0, 0.05) is 19.3 Å². The molecule has 1 aromatic rings. The molecular formula is C14H22N4O. The van der Waals surface area contributed by atoms with Crippen LogP contribution in [0, 0.1) is 5.92 Å². The van der Waals surface area contributed by atoms with Crippen LogP contribution in [-0.4, -0.2) is 29.1 Å². The van der Waals surface area contributed by atoms with Gasteiger partial charge < -0.3 is 15.8 Å². The van der Waals surface area contributed by atoms with Gasteiger partial charge in [-0.05, 0) is 43.7 Å². The number of hydrogen-bond acceptors (Lipinski definition) is 4. The smallest absolute Gasteiger partial charge is 0.173 e. The van der Waals surface area contributed by atoms with Crippen LogP contribution in [0.25, 0.3) is 0 Å². The lowest BCUT2D eigenvalue weighted by molar-refractivity contribution is 0.318. The number of nitrogens with zero attached hydrogens (tertiary/aromatic N) is 3. The van der Waals surface area contributed by atoms with Crippen LogP contribution in [0.3, 0.4) is 0 Å². The molecule has 0 aliphatic heterocycles. The van der Waals surface area contributed by atoms with Gasteiger partial charge in [-0.3, -0.25) is 0 Å². The van der Waals surface area contributed by atoms with E-state index in [1.807, 2.05) is 13.1 Å². The van der Waals surface area contributed by atoms with E-state index < -0.39 is 0 Å². The minimum Gasteiger partial charge on any atom is -0.409 e. The zero-order chi connectivity index (χ0) is 13.8. The third kappa shape index (κ3) is 2.97. The number of oxime groups is 1. The van der Waals surface area contributed by atoms with Crippen molar-refractivity contribution < 1.29 is 5.21 Å². The molecule has 104 valence electrons. The van der Waals surface area contributed by atoms with Gasteiger partial charge in [-0.15, -0.1) is 0 Å². The van der Waals surface area contributed by atoms with Gasteiger partial charge in [-0.25, -0.2) is 4.98 Å². The van der Waals surface area contributed by atoms with Crippen molar-refractivity contribution in [3.8, 4) is 0 Å². The predicted octanol–water partition coefficient (Wildman–Crippen LogP) is 2.19. The van der Waals surface area contributed by atoms with Gasteiger partial charge in [0.2, 0.25) is 0 Å². The van der Waals surface area contributed by atoms with Crippen molar-refractivity contribution >= 4 is 11.7 Å². The van der Waals surface area contributed by atoms with E-state index in [0.29, 0.717) is 11.6 Å². The summed E-state index contributed by atoms with van der Waals surface area (Å²) in [6, 6.07) is 4.11. The van der Waals surface area contributed by atoms with Gasteiger partial charge in [-0.1, -0.05) is 12.1 Å². The monoisotopic (exact) mass is 262 g/mol.